The molecule has 1 atom stereocenters. The van der Waals surface area contributed by atoms with E-state index in [1.54, 1.807) is 18.3 Å². The summed E-state index contributed by atoms with van der Waals surface area (Å²) < 4.78 is 0. The zero-order chi connectivity index (χ0) is 11.4. The lowest BCUT2D eigenvalue weighted by Gasteiger charge is -2.08. The molecule has 0 spiro atoms. The summed E-state index contributed by atoms with van der Waals surface area (Å²) in [7, 11) is 0. The van der Waals surface area contributed by atoms with E-state index in [2.05, 4.69) is 11.1 Å². The van der Waals surface area contributed by atoms with Gasteiger partial charge in [0.2, 0.25) is 0 Å². The fraction of sp³-hybridized carbons (Fsp3) is 0.0769. The molecule has 0 bridgehead atoms. The third kappa shape index (κ3) is 2.21. The van der Waals surface area contributed by atoms with Gasteiger partial charge in [-0.3, -0.25) is 4.98 Å². The van der Waals surface area contributed by atoms with Gasteiger partial charge < -0.3 is 0 Å². The Bertz CT molecular complexity index is 517. The van der Waals surface area contributed by atoms with Crippen molar-refractivity contribution in [2.75, 3.05) is 0 Å². The molecule has 0 saturated carbocycles. The van der Waals surface area contributed by atoms with Crippen molar-refractivity contribution in [3.8, 4) is 6.07 Å². The van der Waals surface area contributed by atoms with Crippen molar-refractivity contribution in [1.82, 2.24) is 4.98 Å². The fourth-order valence-electron chi connectivity index (χ4n) is 1.54. The van der Waals surface area contributed by atoms with Crippen LogP contribution in [-0.4, -0.2) is 4.98 Å². The van der Waals surface area contributed by atoms with Gasteiger partial charge in [0.1, 0.15) is 5.92 Å². The smallest absolute Gasteiger partial charge is 0.113 e. The highest BCUT2D eigenvalue weighted by Crippen LogP contribution is 2.24. The molecular formula is C13H9ClN2. The van der Waals surface area contributed by atoms with E-state index < -0.39 is 0 Å². The molecule has 0 saturated heterocycles. The largest absolute Gasteiger partial charge is 0.260 e. The van der Waals surface area contributed by atoms with Crippen molar-refractivity contribution < 1.29 is 0 Å². The molecular weight excluding hydrogens is 220 g/mol. The number of pyridine rings is 1. The molecule has 1 aromatic heterocycles. The normalized spacial score (nSPS) is 11.8. The van der Waals surface area contributed by atoms with Crippen LogP contribution >= 0.6 is 11.6 Å². The van der Waals surface area contributed by atoms with Gasteiger partial charge in [0, 0.05) is 11.2 Å². The van der Waals surface area contributed by atoms with Crippen LogP contribution in [0.15, 0.2) is 48.7 Å². The van der Waals surface area contributed by atoms with Gasteiger partial charge in [0.05, 0.1) is 11.8 Å². The predicted octanol–water partition coefficient (Wildman–Crippen LogP) is 3.39. The molecule has 16 heavy (non-hydrogen) atoms. The summed E-state index contributed by atoms with van der Waals surface area (Å²) in [5.74, 6) is -0.361. The monoisotopic (exact) mass is 228 g/mol. The molecule has 1 heterocycles. The van der Waals surface area contributed by atoms with Crippen LogP contribution in [0.5, 0.6) is 0 Å². The first-order valence-corrected chi connectivity index (χ1v) is 5.25. The summed E-state index contributed by atoms with van der Waals surface area (Å²) in [6.07, 6.45) is 1.68. The first kappa shape index (κ1) is 10.7. The average molecular weight is 229 g/mol. The Morgan fingerprint density at radius 3 is 2.69 bits per heavy atom. The number of benzene rings is 1. The van der Waals surface area contributed by atoms with Crippen molar-refractivity contribution >= 4 is 11.6 Å². The molecule has 0 N–H and O–H groups in total. The molecule has 0 aliphatic carbocycles. The van der Waals surface area contributed by atoms with E-state index in [1.165, 1.54) is 0 Å². The summed E-state index contributed by atoms with van der Waals surface area (Å²) >= 11 is 5.90. The van der Waals surface area contributed by atoms with Crippen molar-refractivity contribution in [2.45, 2.75) is 5.92 Å². The lowest BCUT2D eigenvalue weighted by atomic mass is 9.97. The fourth-order valence-corrected chi connectivity index (χ4v) is 1.74. The highest BCUT2D eigenvalue weighted by atomic mass is 35.5. The Labute approximate surface area is 99.1 Å². The number of hydrogen-bond acceptors (Lipinski definition) is 2. The van der Waals surface area contributed by atoms with Gasteiger partial charge in [-0.1, -0.05) is 29.8 Å². The maximum Gasteiger partial charge on any atom is 0.113 e. The summed E-state index contributed by atoms with van der Waals surface area (Å²) in [5, 5.41) is 9.82. The minimum absolute atomic E-state index is 0.361. The first-order chi connectivity index (χ1) is 7.81. The molecule has 3 heteroatoms. The van der Waals surface area contributed by atoms with E-state index in [4.69, 9.17) is 11.6 Å². The summed E-state index contributed by atoms with van der Waals surface area (Å²) in [5.41, 5.74) is 1.61. The van der Waals surface area contributed by atoms with E-state index in [9.17, 15) is 5.26 Å². The van der Waals surface area contributed by atoms with Gasteiger partial charge in [0.25, 0.3) is 0 Å². The standard InChI is InChI=1S/C13H9ClN2/c14-11-5-3-4-10(8-11)12(9-15)13-6-1-2-7-16-13/h1-8,12H/t12-/m0/s1. The molecule has 2 aromatic rings. The Morgan fingerprint density at radius 1 is 1.19 bits per heavy atom. The number of nitrogens with zero attached hydrogens (tertiary/aromatic N) is 2. The third-order valence-corrected chi connectivity index (χ3v) is 2.53. The minimum Gasteiger partial charge on any atom is -0.260 e. The van der Waals surface area contributed by atoms with Crippen LogP contribution in [0.2, 0.25) is 5.02 Å². The van der Waals surface area contributed by atoms with Crippen LogP contribution in [0.4, 0.5) is 0 Å². The van der Waals surface area contributed by atoms with Crippen LogP contribution in [0.25, 0.3) is 0 Å². The molecule has 0 fully saturated rings. The van der Waals surface area contributed by atoms with Gasteiger partial charge in [0.15, 0.2) is 0 Å². The number of rotatable bonds is 2. The first-order valence-electron chi connectivity index (χ1n) is 4.87. The van der Waals surface area contributed by atoms with Crippen LogP contribution < -0.4 is 0 Å². The molecule has 0 unspecified atom stereocenters. The molecule has 0 aliphatic rings. The van der Waals surface area contributed by atoms with E-state index in [1.807, 2.05) is 30.3 Å². The average Bonchev–Trinajstić information content (AvgIpc) is 2.31. The van der Waals surface area contributed by atoms with E-state index in [0.717, 1.165) is 11.3 Å². The van der Waals surface area contributed by atoms with Crippen LogP contribution in [0, 0.1) is 11.3 Å². The molecule has 0 amide bonds. The lowest BCUT2D eigenvalue weighted by molar-refractivity contribution is 0.966. The molecule has 0 radical (unpaired) electrons. The van der Waals surface area contributed by atoms with Gasteiger partial charge in [-0.05, 0) is 29.8 Å². The number of nitriles is 1. The number of hydrogen-bond donors (Lipinski definition) is 0. The van der Waals surface area contributed by atoms with E-state index >= 15 is 0 Å². The zero-order valence-electron chi connectivity index (χ0n) is 8.47. The lowest BCUT2D eigenvalue weighted by Crippen LogP contribution is -2.00. The number of halogens is 1. The summed E-state index contributed by atoms with van der Waals surface area (Å²) in [4.78, 5) is 4.19. The maximum absolute atomic E-state index is 9.19. The van der Waals surface area contributed by atoms with Crippen LogP contribution in [-0.2, 0) is 0 Å². The summed E-state index contributed by atoms with van der Waals surface area (Å²) in [6, 6.07) is 15.1. The highest BCUT2D eigenvalue weighted by molar-refractivity contribution is 6.30. The van der Waals surface area contributed by atoms with Gasteiger partial charge in [-0.25, -0.2) is 0 Å². The molecule has 2 nitrogen and oxygen atoms in total. The quantitative estimate of drug-likeness (QED) is 0.790. The molecule has 2 rings (SSSR count). The maximum atomic E-state index is 9.19. The van der Waals surface area contributed by atoms with Crippen molar-refractivity contribution in [1.29, 1.82) is 5.26 Å². The Hall–Kier alpha value is -1.85. The van der Waals surface area contributed by atoms with E-state index in [0.29, 0.717) is 5.02 Å². The van der Waals surface area contributed by atoms with Gasteiger partial charge in [-0.2, -0.15) is 5.26 Å². The third-order valence-electron chi connectivity index (χ3n) is 2.29. The summed E-state index contributed by atoms with van der Waals surface area (Å²) in [6.45, 7) is 0. The van der Waals surface area contributed by atoms with E-state index in [-0.39, 0.29) is 5.92 Å². The minimum atomic E-state index is -0.361. The molecule has 0 aliphatic heterocycles. The van der Waals surface area contributed by atoms with Crippen LogP contribution in [0.3, 0.4) is 0 Å². The SMILES string of the molecule is N#C[C@@H](c1cccc(Cl)c1)c1ccccn1. The molecule has 78 valence electrons. The predicted molar refractivity (Wildman–Crippen MR) is 63.1 cm³/mol. The van der Waals surface area contributed by atoms with Gasteiger partial charge in [-0.15, -0.1) is 0 Å². The topological polar surface area (TPSA) is 36.7 Å². The Kier molecular flexibility index (Phi) is 3.19. The Morgan fingerprint density at radius 2 is 2.06 bits per heavy atom. The van der Waals surface area contributed by atoms with Crippen molar-refractivity contribution in [3.63, 3.8) is 0 Å². The van der Waals surface area contributed by atoms with Gasteiger partial charge >= 0.3 is 0 Å². The highest BCUT2D eigenvalue weighted by Gasteiger charge is 2.14. The van der Waals surface area contributed by atoms with Crippen LogP contribution in [0.1, 0.15) is 17.2 Å². The second kappa shape index (κ2) is 4.78. The molecule has 1 aromatic carbocycles. The second-order valence-electron chi connectivity index (χ2n) is 3.37. The number of aromatic nitrogens is 1. The van der Waals surface area contributed by atoms with Crippen molar-refractivity contribution in [3.05, 3.63) is 64.9 Å². The zero-order valence-corrected chi connectivity index (χ0v) is 9.22. The van der Waals surface area contributed by atoms with Crippen molar-refractivity contribution in [2.24, 2.45) is 0 Å². The second-order valence-corrected chi connectivity index (χ2v) is 3.81. The Balaban J connectivity index is 2.42.